The number of nitrogens with one attached hydrogen (secondary N) is 1. The number of pyridine rings is 2. The van der Waals surface area contributed by atoms with Crippen molar-refractivity contribution in [3.05, 3.63) is 71.9 Å². The van der Waals surface area contributed by atoms with Crippen molar-refractivity contribution in [2.45, 2.75) is 9.92 Å². The van der Waals surface area contributed by atoms with Crippen LogP contribution in [-0.2, 0) is 0 Å². The molecule has 0 saturated heterocycles. The minimum Gasteiger partial charge on any atom is -0.363 e. The number of amides is 1. The molecule has 0 aliphatic heterocycles. The third kappa shape index (κ3) is 3.88. The van der Waals surface area contributed by atoms with Gasteiger partial charge in [-0.15, -0.1) is 0 Å². The Kier molecular flexibility index (Phi) is 5.05. The lowest BCUT2D eigenvalue weighted by molar-refractivity contribution is 0.0991. The van der Waals surface area contributed by atoms with Gasteiger partial charge in [-0.05, 0) is 36.4 Å². The topological polar surface area (TPSA) is 107 Å². The first-order valence-corrected chi connectivity index (χ1v) is 9.36. The van der Waals surface area contributed by atoms with Crippen LogP contribution in [0.5, 0.6) is 0 Å². The zero-order valence-electron chi connectivity index (χ0n) is 14.3. The predicted octanol–water partition coefficient (Wildman–Crippen LogP) is 4.07. The monoisotopic (exact) mass is 408 g/mol. The summed E-state index contributed by atoms with van der Waals surface area (Å²) in [5.41, 5.74) is 6.57. The highest BCUT2D eigenvalue weighted by Gasteiger charge is 2.12. The second-order valence-electron chi connectivity index (χ2n) is 5.69. The van der Waals surface area contributed by atoms with Gasteiger partial charge in [0.05, 0.1) is 16.7 Å². The van der Waals surface area contributed by atoms with E-state index >= 15 is 0 Å². The van der Waals surface area contributed by atoms with Gasteiger partial charge in [0.15, 0.2) is 0 Å². The summed E-state index contributed by atoms with van der Waals surface area (Å²) in [5.74, 6) is -0.354. The Hall–Kier alpha value is -3.23. The Morgan fingerprint density at radius 1 is 1.11 bits per heavy atom. The first-order valence-electron chi connectivity index (χ1n) is 8.17. The lowest BCUT2D eigenvalue weighted by Crippen LogP contribution is -2.16. The SMILES string of the molecule is NC(=O)c1nc(Nc2ccc(Sc3ccccn3)c(Cl)c2)c2ccncc2n1. The predicted molar refractivity (Wildman–Crippen MR) is 109 cm³/mol. The maximum absolute atomic E-state index is 11.5. The fraction of sp³-hybridized carbons (Fsp3) is 0. The van der Waals surface area contributed by atoms with Gasteiger partial charge in [0, 0.05) is 28.4 Å². The smallest absolute Gasteiger partial charge is 0.286 e. The molecular weight excluding hydrogens is 396 g/mol. The van der Waals surface area contributed by atoms with Gasteiger partial charge in [0.1, 0.15) is 10.8 Å². The van der Waals surface area contributed by atoms with E-state index in [1.807, 2.05) is 30.3 Å². The summed E-state index contributed by atoms with van der Waals surface area (Å²) in [6.45, 7) is 0. The largest absolute Gasteiger partial charge is 0.363 e. The molecule has 0 radical (unpaired) electrons. The van der Waals surface area contributed by atoms with Crippen LogP contribution in [0.25, 0.3) is 10.9 Å². The van der Waals surface area contributed by atoms with Crippen molar-refractivity contribution < 1.29 is 4.79 Å². The van der Waals surface area contributed by atoms with Gasteiger partial charge in [-0.1, -0.05) is 29.4 Å². The Balaban J connectivity index is 1.66. The maximum atomic E-state index is 11.5. The summed E-state index contributed by atoms with van der Waals surface area (Å²) < 4.78 is 0. The van der Waals surface area contributed by atoms with E-state index in [-0.39, 0.29) is 5.82 Å². The number of carbonyl (C=O) groups excluding carboxylic acids is 1. The Bertz CT molecular complexity index is 1170. The van der Waals surface area contributed by atoms with E-state index in [0.29, 0.717) is 27.4 Å². The first kappa shape index (κ1) is 18.1. The Morgan fingerprint density at radius 3 is 2.75 bits per heavy atom. The van der Waals surface area contributed by atoms with E-state index in [9.17, 15) is 4.79 Å². The van der Waals surface area contributed by atoms with E-state index in [0.717, 1.165) is 9.92 Å². The highest BCUT2D eigenvalue weighted by molar-refractivity contribution is 7.99. The molecule has 3 heterocycles. The number of hydrogen-bond acceptors (Lipinski definition) is 7. The molecule has 1 amide bonds. The Morgan fingerprint density at radius 2 is 2.00 bits per heavy atom. The lowest BCUT2D eigenvalue weighted by atomic mass is 10.2. The van der Waals surface area contributed by atoms with Gasteiger partial charge < -0.3 is 11.1 Å². The summed E-state index contributed by atoms with van der Waals surface area (Å²) >= 11 is 7.91. The van der Waals surface area contributed by atoms with Crippen LogP contribution in [0, 0.1) is 0 Å². The van der Waals surface area contributed by atoms with E-state index in [1.165, 1.54) is 11.8 Å². The van der Waals surface area contributed by atoms with Crippen LogP contribution in [0.1, 0.15) is 10.6 Å². The van der Waals surface area contributed by atoms with Gasteiger partial charge in [-0.25, -0.2) is 15.0 Å². The zero-order valence-corrected chi connectivity index (χ0v) is 15.9. The minimum atomic E-state index is -0.714. The molecule has 0 fully saturated rings. The van der Waals surface area contributed by atoms with Crippen molar-refractivity contribution in [2.24, 2.45) is 5.73 Å². The number of nitrogens with zero attached hydrogens (tertiary/aromatic N) is 4. The highest BCUT2D eigenvalue weighted by Crippen LogP contribution is 2.34. The summed E-state index contributed by atoms with van der Waals surface area (Å²) in [7, 11) is 0. The highest BCUT2D eigenvalue weighted by atomic mass is 35.5. The molecule has 0 aliphatic rings. The van der Waals surface area contributed by atoms with Gasteiger partial charge in [0.25, 0.3) is 5.91 Å². The second kappa shape index (κ2) is 7.79. The van der Waals surface area contributed by atoms with Crippen molar-refractivity contribution in [3.63, 3.8) is 0 Å². The van der Waals surface area contributed by atoms with Crippen molar-refractivity contribution in [1.82, 2.24) is 19.9 Å². The number of fused-ring (bicyclic) bond motifs is 1. The lowest BCUT2D eigenvalue weighted by Gasteiger charge is -2.11. The Labute approximate surface area is 169 Å². The number of anilines is 2. The van der Waals surface area contributed by atoms with Gasteiger partial charge in [-0.2, -0.15) is 0 Å². The van der Waals surface area contributed by atoms with E-state index in [2.05, 4.69) is 25.3 Å². The van der Waals surface area contributed by atoms with Crippen LogP contribution >= 0.6 is 23.4 Å². The molecule has 4 rings (SSSR count). The quantitative estimate of drug-likeness (QED) is 0.512. The minimum absolute atomic E-state index is 0.0866. The van der Waals surface area contributed by atoms with Crippen LogP contribution in [0.2, 0.25) is 5.02 Å². The molecule has 3 N–H and O–H groups in total. The maximum Gasteiger partial charge on any atom is 0.286 e. The molecule has 0 atom stereocenters. The number of aromatic nitrogens is 4. The third-order valence-corrected chi connectivity index (χ3v) is 5.22. The molecule has 0 bridgehead atoms. The average Bonchev–Trinajstić information content (AvgIpc) is 2.70. The third-order valence-electron chi connectivity index (χ3n) is 3.77. The van der Waals surface area contributed by atoms with E-state index in [1.54, 1.807) is 30.7 Å². The molecule has 0 unspecified atom stereocenters. The van der Waals surface area contributed by atoms with E-state index < -0.39 is 5.91 Å². The second-order valence-corrected chi connectivity index (χ2v) is 7.16. The van der Waals surface area contributed by atoms with Crippen LogP contribution in [0.4, 0.5) is 11.5 Å². The van der Waals surface area contributed by atoms with Crippen LogP contribution in [0.3, 0.4) is 0 Å². The molecule has 138 valence electrons. The molecule has 1 aromatic carbocycles. The number of carbonyl (C=O) groups is 1. The number of benzene rings is 1. The van der Waals surface area contributed by atoms with Crippen LogP contribution in [0.15, 0.2) is 71.0 Å². The summed E-state index contributed by atoms with van der Waals surface area (Å²) in [5, 5.41) is 5.31. The summed E-state index contributed by atoms with van der Waals surface area (Å²) in [6.07, 6.45) is 4.91. The molecular formula is C19H13ClN6OS. The first-order chi connectivity index (χ1) is 13.6. The number of rotatable bonds is 5. The van der Waals surface area contributed by atoms with Gasteiger partial charge in [-0.3, -0.25) is 9.78 Å². The van der Waals surface area contributed by atoms with Crippen molar-refractivity contribution in [2.75, 3.05) is 5.32 Å². The summed E-state index contributed by atoms with van der Waals surface area (Å²) in [4.78, 5) is 29.1. The fourth-order valence-electron chi connectivity index (χ4n) is 2.50. The zero-order chi connectivity index (χ0) is 19.5. The van der Waals surface area contributed by atoms with Crippen molar-refractivity contribution in [3.8, 4) is 0 Å². The standard InChI is InChI=1S/C19H13ClN6OS/c20-13-9-11(4-5-15(13)28-16-3-1-2-7-23-16)24-18-12-6-8-22-10-14(12)25-19(26-18)17(21)27/h1-10H,(H2,21,27)(H,24,25,26). The van der Waals surface area contributed by atoms with Crippen molar-refractivity contribution >= 4 is 51.7 Å². The molecule has 3 aromatic heterocycles. The molecule has 0 aliphatic carbocycles. The van der Waals surface area contributed by atoms with Crippen molar-refractivity contribution in [1.29, 1.82) is 0 Å². The van der Waals surface area contributed by atoms with E-state index in [4.69, 9.17) is 17.3 Å². The normalized spacial score (nSPS) is 10.8. The van der Waals surface area contributed by atoms with Gasteiger partial charge in [0.2, 0.25) is 5.82 Å². The van der Waals surface area contributed by atoms with Crippen LogP contribution in [-0.4, -0.2) is 25.8 Å². The fourth-order valence-corrected chi connectivity index (χ4v) is 3.58. The van der Waals surface area contributed by atoms with Crippen LogP contribution < -0.4 is 11.1 Å². The molecule has 28 heavy (non-hydrogen) atoms. The van der Waals surface area contributed by atoms with Gasteiger partial charge >= 0.3 is 0 Å². The number of nitrogens with two attached hydrogens (primary N) is 1. The molecule has 0 saturated carbocycles. The number of primary amides is 1. The molecule has 0 spiro atoms. The number of halogens is 1. The summed E-state index contributed by atoms with van der Waals surface area (Å²) in [6, 6.07) is 13.0. The molecule has 9 heteroatoms. The average molecular weight is 409 g/mol. The number of hydrogen-bond donors (Lipinski definition) is 2. The molecule has 7 nitrogen and oxygen atoms in total. The molecule has 4 aromatic rings.